The Morgan fingerprint density at radius 1 is 0.233 bits per heavy atom. The number of hydrogen-bond donors (Lipinski definition) is 1. The molecule has 3 nitrogen and oxygen atoms in total. The van der Waals surface area contributed by atoms with Crippen LogP contribution < -0.4 is 15.1 Å². The van der Waals surface area contributed by atoms with E-state index in [0.29, 0.717) is 0 Å². The second-order valence-electron chi connectivity index (χ2n) is 18.0. The fourth-order valence-corrected chi connectivity index (χ4v) is 11.2. The van der Waals surface area contributed by atoms with E-state index in [2.05, 4.69) is 265 Å². The first kappa shape index (κ1) is 45.6. The fourth-order valence-electron chi connectivity index (χ4n) is 10.3. The molecular weight excluding hydrogens is 1020 g/mol. The van der Waals surface area contributed by atoms with Crippen molar-refractivity contribution in [3.8, 4) is 0 Å². The second-order valence-corrected chi connectivity index (χ2v) is 19.7. The predicted molar refractivity (Wildman–Crippen MR) is 321 cm³/mol. The third-order valence-corrected chi connectivity index (χ3v) is 14.9. The molecule has 0 atom stereocenters. The van der Waals surface area contributed by atoms with E-state index in [4.69, 9.17) is 0 Å². The number of para-hydroxylation sites is 6. The summed E-state index contributed by atoms with van der Waals surface area (Å²) in [7, 11) is 0. The van der Waals surface area contributed by atoms with Crippen LogP contribution in [0.4, 0.5) is 45.5 Å². The van der Waals surface area contributed by atoms with Gasteiger partial charge in [-0.2, -0.15) is 0 Å². The molecule has 0 aromatic heterocycles. The molecule has 0 radical (unpaired) electrons. The maximum absolute atomic E-state index is 3.65. The van der Waals surface area contributed by atoms with Crippen LogP contribution in [0.2, 0.25) is 0 Å². The summed E-state index contributed by atoms with van der Waals surface area (Å²) in [5.74, 6) is 0. The zero-order valence-corrected chi connectivity index (χ0v) is 42.9. The van der Waals surface area contributed by atoms with E-state index in [1.807, 2.05) is 60.7 Å². The zero-order chi connectivity index (χ0) is 49.1. The Kier molecular flexibility index (Phi) is 12.7. The minimum absolute atomic E-state index is 1.12. The van der Waals surface area contributed by atoms with Crippen LogP contribution in [0.3, 0.4) is 0 Å². The summed E-state index contributed by atoms with van der Waals surface area (Å²) in [5, 5.41) is 18.7. The first-order valence-corrected chi connectivity index (χ1v) is 26.1. The van der Waals surface area contributed by atoms with Gasteiger partial charge in [0.15, 0.2) is 0 Å². The third kappa shape index (κ3) is 8.99. The number of nitrogens with one attached hydrogen (secondary N) is 1. The van der Waals surface area contributed by atoms with Crippen molar-refractivity contribution in [2.45, 2.75) is 0 Å². The molecule has 0 saturated heterocycles. The van der Waals surface area contributed by atoms with Gasteiger partial charge in [-0.25, -0.2) is 0 Å². The summed E-state index contributed by atoms with van der Waals surface area (Å²) < 4.78 is 2.31. The SMILES string of the molecule is Brc1ccc2ccc3c(Br)ccc4ccc1c2c43.c1ccc(N(c2ccccc2)c2ccc3ccc4c(N(c5ccccc5)c5ccccc5)ccc5ccc2c3c54)cc1.c1ccc(Nc2ccccc2)cc1. The lowest BCUT2D eigenvalue weighted by atomic mass is 9.91. The molecule has 14 aromatic rings. The second kappa shape index (κ2) is 20.3. The van der Waals surface area contributed by atoms with Gasteiger partial charge in [-0.1, -0.05) is 214 Å². The summed E-state index contributed by atoms with van der Waals surface area (Å²) in [5.41, 5.74) is 9.13. The average molecular weight is 1070 g/mol. The Hall–Kier alpha value is -8.48. The summed E-state index contributed by atoms with van der Waals surface area (Å²) in [4.78, 5) is 4.74. The Labute approximate surface area is 442 Å². The molecule has 0 aliphatic heterocycles. The van der Waals surface area contributed by atoms with E-state index >= 15 is 0 Å². The molecule has 1 N–H and O–H groups in total. The number of anilines is 8. The van der Waals surface area contributed by atoms with Crippen molar-refractivity contribution in [2.75, 3.05) is 15.1 Å². The Bertz CT molecular complexity index is 3770. The Morgan fingerprint density at radius 2 is 0.479 bits per heavy atom. The van der Waals surface area contributed by atoms with Gasteiger partial charge in [0.25, 0.3) is 0 Å². The van der Waals surface area contributed by atoms with Gasteiger partial charge in [0.1, 0.15) is 0 Å². The number of nitrogens with zero attached hydrogens (tertiary/aromatic N) is 2. The lowest BCUT2D eigenvalue weighted by Crippen LogP contribution is -2.11. The normalized spacial score (nSPS) is 11.2. The molecule has 0 heterocycles. The first-order valence-electron chi connectivity index (χ1n) is 24.5. The first-order chi connectivity index (χ1) is 36.1. The molecule has 0 bridgehead atoms. The lowest BCUT2D eigenvalue weighted by molar-refractivity contribution is 1.30. The van der Waals surface area contributed by atoms with Crippen molar-refractivity contribution >= 4 is 142 Å². The monoisotopic (exact) mass is 1060 g/mol. The Balaban J connectivity index is 0.000000142. The van der Waals surface area contributed by atoms with Crippen LogP contribution in [0.5, 0.6) is 0 Å². The molecule has 0 aliphatic carbocycles. The molecule has 0 unspecified atom stereocenters. The Morgan fingerprint density at radius 3 is 0.795 bits per heavy atom. The summed E-state index contributed by atoms with van der Waals surface area (Å²) in [6.07, 6.45) is 0. The summed E-state index contributed by atoms with van der Waals surface area (Å²) in [6, 6.07) is 98.5. The van der Waals surface area contributed by atoms with Crippen molar-refractivity contribution in [2.24, 2.45) is 0 Å². The van der Waals surface area contributed by atoms with E-state index in [1.165, 1.54) is 76.0 Å². The van der Waals surface area contributed by atoms with Gasteiger partial charge in [-0.3, -0.25) is 0 Å². The highest BCUT2D eigenvalue weighted by atomic mass is 79.9. The number of halogens is 2. The number of benzene rings is 14. The van der Waals surface area contributed by atoms with Crippen molar-refractivity contribution in [3.63, 3.8) is 0 Å². The van der Waals surface area contributed by atoms with Crippen LogP contribution in [0.1, 0.15) is 0 Å². The van der Waals surface area contributed by atoms with Gasteiger partial charge in [0.05, 0.1) is 11.4 Å². The molecule has 14 rings (SSSR count). The molecule has 348 valence electrons. The quantitative estimate of drug-likeness (QED) is 0.153. The van der Waals surface area contributed by atoms with Crippen LogP contribution in [-0.4, -0.2) is 0 Å². The van der Waals surface area contributed by atoms with Crippen LogP contribution in [0.15, 0.2) is 288 Å². The van der Waals surface area contributed by atoms with E-state index in [9.17, 15) is 0 Å². The lowest BCUT2D eigenvalue weighted by Gasteiger charge is -2.29. The van der Waals surface area contributed by atoms with Crippen molar-refractivity contribution in [1.29, 1.82) is 0 Å². The number of hydrogen-bond acceptors (Lipinski definition) is 3. The highest BCUT2D eigenvalue weighted by molar-refractivity contribution is 9.11. The maximum atomic E-state index is 3.65. The van der Waals surface area contributed by atoms with Crippen LogP contribution >= 0.6 is 31.9 Å². The van der Waals surface area contributed by atoms with E-state index in [-0.39, 0.29) is 0 Å². The molecular formula is C68H47Br2N3. The van der Waals surface area contributed by atoms with Gasteiger partial charge in [-0.15, -0.1) is 0 Å². The minimum Gasteiger partial charge on any atom is -0.356 e. The molecule has 5 heteroatoms. The number of rotatable bonds is 8. The third-order valence-electron chi connectivity index (χ3n) is 13.6. The van der Waals surface area contributed by atoms with Crippen molar-refractivity contribution < 1.29 is 0 Å². The molecule has 0 fully saturated rings. The molecule has 73 heavy (non-hydrogen) atoms. The van der Waals surface area contributed by atoms with Crippen molar-refractivity contribution in [3.05, 3.63) is 288 Å². The molecule has 0 saturated carbocycles. The largest absolute Gasteiger partial charge is 0.356 e. The van der Waals surface area contributed by atoms with Crippen molar-refractivity contribution in [1.82, 2.24) is 0 Å². The highest BCUT2D eigenvalue weighted by Crippen LogP contribution is 2.47. The highest BCUT2D eigenvalue weighted by Gasteiger charge is 2.21. The molecule has 14 aromatic carbocycles. The smallest absolute Gasteiger partial charge is 0.0540 e. The summed E-state index contributed by atoms with van der Waals surface area (Å²) in [6.45, 7) is 0. The van der Waals surface area contributed by atoms with E-state index in [0.717, 1.165) is 43.1 Å². The summed E-state index contributed by atoms with van der Waals surface area (Å²) >= 11 is 7.30. The zero-order valence-electron chi connectivity index (χ0n) is 39.7. The minimum atomic E-state index is 1.12. The van der Waals surface area contributed by atoms with Gasteiger partial charge >= 0.3 is 0 Å². The van der Waals surface area contributed by atoms with Crippen LogP contribution in [-0.2, 0) is 0 Å². The standard InChI is InChI=1S/C40H28N2.C16H8Br2.C12H11N/c1-5-13-31(14-6-1)41(32-15-7-2-8-16-32)37-27-23-29-22-26-36-38(28-24-30-21-25-35(37)39(29)40(30)36)42(33-17-9-3-10-18-33)34-19-11-4-12-20-34;17-13-8-4-10-2-6-12-14(18)7-3-9-1-5-11(13)16(10)15(9)12;1-3-7-11(8-4-1)13-12-9-5-2-6-10-12/h1-28H;1-8H;1-10,13H. The average Bonchev–Trinajstić information content (AvgIpc) is 3.45. The van der Waals surface area contributed by atoms with Gasteiger partial charge < -0.3 is 15.1 Å². The molecule has 0 amide bonds. The van der Waals surface area contributed by atoms with E-state index < -0.39 is 0 Å². The van der Waals surface area contributed by atoms with Gasteiger partial charge in [0, 0.05) is 53.8 Å². The predicted octanol–water partition coefficient (Wildman–Crippen LogP) is 21.1. The fraction of sp³-hybridized carbons (Fsp3) is 0. The topological polar surface area (TPSA) is 18.5 Å². The van der Waals surface area contributed by atoms with E-state index in [1.54, 1.807) is 0 Å². The molecule has 0 aliphatic rings. The molecule has 0 spiro atoms. The van der Waals surface area contributed by atoms with Crippen LogP contribution in [0, 0.1) is 0 Å². The van der Waals surface area contributed by atoms with Crippen LogP contribution in [0.25, 0.3) is 64.6 Å². The maximum Gasteiger partial charge on any atom is 0.0540 e. The van der Waals surface area contributed by atoms with Gasteiger partial charge in [0.2, 0.25) is 0 Å². The van der Waals surface area contributed by atoms with Gasteiger partial charge in [-0.05, 0) is 151 Å².